The molecule has 14 heavy (non-hydrogen) atoms. The molecule has 2 heterocycles. The molecular weight excluding hydrogens is 176 g/mol. The Kier molecular flexibility index (Phi) is 2.96. The monoisotopic (exact) mass is 192 g/mol. The number of anilines is 1. The molecule has 0 aromatic carbocycles. The smallest absolute Gasteiger partial charge is 0.125 e. The molecule has 0 aliphatic carbocycles. The van der Waals surface area contributed by atoms with E-state index in [0.29, 0.717) is 6.04 Å². The first-order valence-electron chi connectivity index (χ1n) is 4.98. The maximum absolute atomic E-state index is 4.19. The number of hydrogen-bond donors (Lipinski definition) is 3. The minimum Gasteiger partial charge on any atom is -0.373 e. The van der Waals surface area contributed by atoms with Gasteiger partial charge in [-0.25, -0.2) is 4.98 Å². The lowest BCUT2D eigenvalue weighted by Gasteiger charge is -2.24. The second kappa shape index (κ2) is 4.39. The average molecular weight is 192 g/mol. The van der Waals surface area contributed by atoms with E-state index in [1.54, 1.807) is 0 Å². The Bertz CT molecular complexity index is 294. The van der Waals surface area contributed by atoms with Crippen molar-refractivity contribution in [2.45, 2.75) is 6.04 Å². The summed E-state index contributed by atoms with van der Waals surface area (Å²) in [6.07, 6.45) is 1.84. The molecule has 1 fully saturated rings. The third-order valence-electron chi connectivity index (χ3n) is 2.48. The van der Waals surface area contributed by atoms with Gasteiger partial charge in [-0.2, -0.15) is 0 Å². The summed E-state index contributed by atoms with van der Waals surface area (Å²) in [5.74, 6) is 0.926. The van der Waals surface area contributed by atoms with Gasteiger partial charge in [-0.15, -0.1) is 0 Å². The fourth-order valence-corrected chi connectivity index (χ4v) is 1.69. The van der Waals surface area contributed by atoms with E-state index < -0.39 is 0 Å². The molecule has 0 saturated carbocycles. The minimum atomic E-state index is 0.416. The van der Waals surface area contributed by atoms with Crippen LogP contribution < -0.4 is 16.0 Å². The lowest BCUT2D eigenvalue weighted by atomic mass is 10.1. The van der Waals surface area contributed by atoms with Gasteiger partial charge in [-0.3, -0.25) is 0 Å². The van der Waals surface area contributed by atoms with Crippen LogP contribution in [0.3, 0.4) is 0 Å². The molecule has 0 radical (unpaired) electrons. The fourth-order valence-electron chi connectivity index (χ4n) is 1.69. The highest BCUT2D eigenvalue weighted by Gasteiger charge is 2.14. The van der Waals surface area contributed by atoms with E-state index >= 15 is 0 Å². The fraction of sp³-hybridized carbons (Fsp3) is 0.500. The van der Waals surface area contributed by atoms with Gasteiger partial charge in [0.15, 0.2) is 0 Å². The first kappa shape index (κ1) is 9.43. The van der Waals surface area contributed by atoms with Crippen LogP contribution >= 0.6 is 0 Å². The molecule has 1 aromatic rings. The van der Waals surface area contributed by atoms with Crippen LogP contribution in [0.25, 0.3) is 0 Å². The van der Waals surface area contributed by atoms with Gasteiger partial charge in [0.2, 0.25) is 0 Å². The predicted molar refractivity (Wildman–Crippen MR) is 57.4 cm³/mol. The number of nitrogens with zero attached hydrogens (tertiary/aromatic N) is 1. The topological polar surface area (TPSA) is 49.0 Å². The first-order valence-corrected chi connectivity index (χ1v) is 4.98. The Morgan fingerprint density at radius 1 is 1.50 bits per heavy atom. The van der Waals surface area contributed by atoms with Gasteiger partial charge in [0.1, 0.15) is 5.82 Å². The van der Waals surface area contributed by atoms with Crippen LogP contribution in [0, 0.1) is 0 Å². The Hall–Kier alpha value is -1.13. The molecule has 1 aromatic heterocycles. The van der Waals surface area contributed by atoms with Gasteiger partial charge >= 0.3 is 0 Å². The van der Waals surface area contributed by atoms with Crippen molar-refractivity contribution in [1.82, 2.24) is 15.6 Å². The van der Waals surface area contributed by atoms with Gasteiger partial charge in [-0.1, -0.05) is 0 Å². The summed E-state index contributed by atoms with van der Waals surface area (Å²) in [6.45, 7) is 3.08. The molecule has 1 aliphatic heterocycles. The van der Waals surface area contributed by atoms with Crippen molar-refractivity contribution >= 4 is 5.82 Å². The zero-order valence-electron chi connectivity index (χ0n) is 8.38. The van der Waals surface area contributed by atoms with E-state index in [1.807, 2.05) is 13.2 Å². The summed E-state index contributed by atoms with van der Waals surface area (Å²) in [5.41, 5.74) is 1.29. The van der Waals surface area contributed by atoms with Crippen LogP contribution in [-0.4, -0.2) is 31.7 Å². The molecule has 0 unspecified atom stereocenters. The van der Waals surface area contributed by atoms with Crippen molar-refractivity contribution < 1.29 is 0 Å². The van der Waals surface area contributed by atoms with Crippen LogP contribution in [0.1, 0.15) is 11.6 Å². The zero-order valence-corrected chi connectivity index (χ0v) is 8.38. The Morgan fingerprint density at radius 3 is 3.14 bits per heavy atom. The largest absolute Gasteiger partial charge is 0.373 e. The lowest BCUT2D eigenvalue weighted by Crippen LogP contribution is -2.42. The maximum Gasteiger partial charge on any atom is 0.125 e. The second-order valence-corrected chi connectivity index (χ2v) is 3.44. The third kappa shape index (κ3) is 2.02. The van der Waals surface area contributed by atoms with Crippen molar-refractivity contribution in [3.05, 3.63) is 23.9 Å². The number of pyridine rings is 1. The molecule has 0 amide bonds. The molecule has 76 valence electrons. The Labute approximate surface area is 84.1 Å². The van der Waals surface area contributed by atoms with Crippen LogP contribution in [0.5, 0.6) is 0 Å². The highest BCUT2D eigenvalue weighted by Crippen LogP contribution is 2.15. The molecule has 3 N–H and O–H groups in total. The quantitative estimate of drug-likeness (QED) is 0.633. The lowest BCUT2D eigenvalue weighted by molar-refractivity contribution is 0.430. The Balaban J connectivity index is 2.13. The Morgan fingerprint density at radius 2 is 2.43 bits per heavy atom. The average Bonchev–Trinajstić information content (AvgIpc) is 2.30. The standard InChI is InChI=1S/C10H16N4/c1-11-10-6-8(2-3-14-10)9-7-12-4-5-13-9/h2-3,6,9,12-13H,4-5,7H2,1H3,(H,11,14)/t9-/m0/s1. The van der Waals surface area contributed by atoms with Crippen LogP contribution in [0.4, 0.5) is 5.82 Å². The SMILES string of the molecule is CNc1cc([C@@H]2CNCCN2)ccn1. The first-order chi connectivity index (χ1) is 6.90. The van der Waals surface area contributed by atoms with Crippen molar-refractivity contribution in [3.8, 4) is 0 Å². The molecule has 0 spiro atoms. The number of rotatable bonds is 2. The van der Waals surface area contributed by atoms with E-state index in [1.165, 1.54) is 5.56 Å². The molecule has 1 aliphatic rings. The molecule has 2 rings (SSSR count). The van der Waals surface area contributed by atoms with Crippen molar-refractivity contribution in [1.29, 1.82) is 0 Å². The molecule has 0 bridgehead atoms. The minimum absolute atomic E-state index is 0.416. The highest BCUT2D eigenvalue weighted by molar-refractivity contribution is 5.38. The summed E-state index contributed by atoms with van der Waals surface area (Å²) in [7, 11) is 1.89. The summed E-state index contributed by atoms with van der Waals surface area (Å²) < 4.78 is 0. The number of aromatic nitrogens is 1. The van der Waals surface area contributed by atoms with Gasteiger partial charge in [0.25, 0.3) is 0 Å². The van der Waals surface area contributed by atoms with E-state index in [4.69, 9.17) is 0 Å². The predicted octanol–water partition coefficient (Wildman–Crippen LogP) is 0.357. The van der Waals surface area contributed by atoms with Crippen LogP contribution in [0.2, 0.25) is 0 Å². The van der Waals surface area contributed by atoms with E-state index in [0.717, 1.165) is 25.5 Å². The number of nitrogens with one attached hydrogen (secondary N) is 3. The normalized spacial score (nSPS) is 21.9. The van der Waals surface area contributed by atoms with Gasteiger partial charge in [-0.05, 0) is 17.7 Å². The molecule has 4 heteroatoms. The summed E-state index contributed by atoms with van der Waals surface area (Å²) >= 11 is 0. The van der Waals surface area contributed by atoms with Crippen molar-refractivity contribution in [3.63, 3.8) is 0 Å². The van der Waals surface area contributed by atoms with Crippen molar-refractivity contribution in [2.24, 2.45) is 0 Å². The van der Waals surface area contributed by atoms with Crippen molar-refractivity contribution in [2.75, 3.05) is 32.0 Å². The highest BCUT2D eigenvalue weighted by atomic mass is 15.1. The summed E-state index contributed by atoms with van der Waals surface area (Å²) in [4.78, 5) is 4.19. The molecule has 1 atom stereocenters. The number of hydrogen-bond acceptors (Lipinski definition) is 4. The number of piperazine rings is 1. The van der Waals surface area contributed by atoms with E-state index in [-0.39, 0.29) is 0 Å². The summed E-state index contributed by atoms with van der Waals surface area (Å²) in [6, 6.07) is 4.56. The van der Waals surface area contributed by atoms with Gasteiger partial charge < -0.3 is 16.0 Å². The second-order valence-electron chi connectivity index (χ2n) is 3.44. The van der Waals surface area contributed by atoms with Gasteiger partial charge in [0.05, 0.1) is 0 Å². The third-order valence-corrected chi connectivity index (χ3v) is 2.48. The molecule has 4 nitrogen and oxygen atoms in total. The van der Waals surface area contributed by atoms with E-state index in [2.05, 4.69) is 33.1 Å². The molecule has 1 saturated heterocycles. The maximum atomic E-state index is 4.19. The zero-order chi connectivity index (χ0) is 9.80. The van der Waals surface area contributed by atoms with Crippen LogP contribution in [0.15, 0.2) is 18.3 Å². The van der Waals surface area contributed by atoms with E-state index in [9.17, 15) is 0 Å². The van der Waals surface area contributed by atoms with Crippen LogP contribution in [-0.2, 0) is 0 Å². The van der Waals surface area contributed by atoms with Gasteiger partial charge in [0, 0.05) is 38.9 Å². The molecular formula is C10H16N4. The summed E-state index contributed by atoms with van der Waals surface area (Å²) in [5, 5.41) is 9.88.